The number of hydrogen-bond acceptors (Lipinski definition) is 7. The van der Waals surface area contributed by atoms with E-state index in [2.05, 4.69) is 29.0 Å². The third kappa shape index (κ3) is 4.16. The van der Waals surface area contributed by atoms with Gasteiger partial charge in [0, 0.05) is 30.1 Å². The first-order chi connectivity index (χ1) is 18.4. The number of aromatic hydroxyl groups is 1. The molecule has 1 aliphatic heterocycles. The van der Waals surface area contributed by atoms with Crippen molar-refractivity contribution in [3.05, 3.63) is 84.0 Å². The molecule has 9 nitrogen and oxygen atoms in total. The van der Waals surface area contributed by atoms with Crippen molar-refractivity contribution in [2.75, 3.05) is 18.5 Å². The molecule has 0 radical (unpaired) electrons. The number of imidazole rings is 1. The van der Waals surface area contributed by atoms with Crippen LogP contribution in [0.5, 0.6) is 11.8 Å². The zero-order valence-corrected chi connectivity index (χ0v) is 21.0. The van der Waals surface area contributed by atoms with E-state index in [1.807, 2.05) is 47.0 Å². The van der Waals surface area contributed by atoms with Gasteiger partial charge in [-0.05, 0) is 49.6 Å². The second-order valence-electron chi connectivity index (χ2n) is 9.84. The van der Waals surface area contributed by atoms with E-state index in [0.717, 1.165) is 16.7 Å². The standard InChI is InChI=1S/C29H25N7O2/c1-29(2)17-38-28-33-24-26(34-25(35-27(24)36(28)29)20-14-21(30-3)16-31-15-20)32-12-11-18-9-10-23(37)22(13-18)19-7-5-4-6-8-19/h4-10,13-16,37H,11-12,17H2,1-2H3,(H,32,34,35). The average Bonchev–Trinajstić information content (AvgIpc) is 3.47. The summed E-state index contributed by atoms with van der Waals surface area (Å²) in [6, 6.07) is 17.7. The molecule has 0 saturated heterocycles. The third-order valence-electron chi connectivity index (χ3n) is 6.60. The van der Waals surface area contributed by atoms with Crippen LogP contribution in [0.4, 0.5) is 11.5 Å². The quantitative estimate of drug-likeness (QED) is 0.291. The maximum absolute atomic E-state index is 10.4. The first-order valence-electron chi connectivity index (χ1n) is 12.3. The Hall–Kier alpha value is -4.97. The molecular formula is C29H25N7O2. The van der Waals surface area contributed by atoms with E-state index in [1.165, 1.54) is 6.20 Å². The van der Waals surface area contributed by atoms with Gasteiger partial charge in [-0.25, -0.2) is 14.8 Å². The fraction of sp³-hybridized carbons (Fsp3) is 0.207. The van der Waals surface area contributed by atoms with Crippen molar-refractivity contribution in [2.24, 2.45) is 0 Å². The molecule has 0 unspecified atom stereocenters. The molecule has 6 rings (SSSR count). The van der Waals surface area contributed by atoms with Gasteiger partial charge in [-0.1, -0.05) is 36.4 Å². The van der Waals surface area contributed by atoms with E-state index < -0.39 is 0 Å². The van der Waals surface area contributed by atoms with Gasteiger partial charge in [0.2, 0.25) is 5.69 Å². The van der Waals surface area contributed by atoms with Crippen molar-refractivity contribution in [2.45, 2.75) is 25.8 Å². The predicted molar refractivity (Wildman–Crippen MR) is 145 cm³/mol. The van der Waals surface area contributed by atoms with Crippen LogP contribution in [0, 0.1) is 6.57 Å². The van der Waals surface area contributed by atoms with Crippen molar-refractivity contribution < 1.29 is 9.84 Å². The fourth-order valence-electron chi connectivity index (χ4n) is 4.66. The zero-order valence-electron chi connectivity index (χ0n) is 21.0. The summed E-state index contributed by atoms with van der Waals surface area (Å²) in [6.45, 7) is 12.6. The van der Waals surface area contributed by atoms with Gasteiger partial charge in [0.15, 0.2) is 22.8 Å². The second kappa shape index (κ2) is 9.16. The highest BCUT2D eigenvalue weighted by Gasteiger charge is 2.36. The minimum Gasteiger partial charge on any atom is -0.507 e. The van der Waals surface area contributed by atoms with Crippen LogP contribution >= 0.6 is 0 Å². The largest absolute Gasteiger partial charge is 0.507 e. The Kier molecular flexibility index (Phi) is 5.65. The van der Waals surface area contributed by atoms with Crippen LogP contribution in [0.15, 0.2) is 67.0 Å². The number of anilines is 1. The number of phenols is 1. The third-order valence-corrected chi connectivity index (χ3v) is 6.60. The number of rotatable bonds is 6. The lowest BCUT2D eigenvalue weighted by molar-refractivity contribution is 0.268. The Balaban J connectivity index is 1.34. The Morgan fingerprint density at radius 2 is 1.89 bits per heavy atom. The van der Waals surface area contributed by atoms with Crippen LogP contribution in [0.1, 0.15) is 19.4 Å². The Morgan fingerprint density at radius 1 is 1.05 bits per heavy atom. The molecule has 2 aromatic carbocycles. The number of fused-ring (bicyclic) bond motifs is 3. The van der Waals surface area contributed by atoms with Crippen molar-refractivity contribution in [3.8, 4) is 34.3 Å². The van der Waals surface area contributed by atoms with E-state index >= 15 is 0 Å². The molecule has 38 heavy (non-hydrogen) atoms. The van der Waals surface area contributed by atoms with Crippen LogP contribution in [0.25, 0.3) is 38.5 Å². The summed E-state index contributed by atoms with van der Waals surface area (Å²) in [5, 5.41) is 13.8. The fourth-order valence-corrected chi connectivity index (χ4v) is 4.66. The lowest BCUT2D eigenvalue weighted by Gasteiger charge is -2.18. The highest BCUT2D eigenvalue weighted by molar-refractivity contribution is 5.87. The minimum atomic E-state index is -0.316. The maximum Gasteiger partial charge on any atom is 0.299 e. The average molecular weight is 504 g/mol. The van der Waals surface area contributed by atoms with E-state index in [0.29, 0.717) is 59.6 Å². The van der Waals surface area contributed by atoms with Crippen molar-refractivity contribution >= 4 is 22.7 Å². The molecule has 1 aliphatic rings. The van der Waals surface area contributed by atoms with Crippen molar-refractivity contribution in [1.29, 1.82) is 0 Å². The molecule has 4 heterocycles. The molecule has 0 bridgehead atoms. The van der Waals surface area contributed by atoms with Crippen LogP contribution in [0.3, 0.4) is 0 Å². The summed E-state index contributed by atoms with van der Waals surface area (Å²) in [5.41, 5.74) is 4.89. The number of nitrogens with zero attached hydrogens (tertiary/aromatic N) is 6. The minimum absolute atomic E-state index is 0.250. The highest BCUT2D eigenvalue weighted by atomic mass is 16.5. The molecule has 0 atom stereocenters. The predicted octanol–water partition coefficient (Wildman–Crippen LogP) is 5.59. The normalized spacial score (nSPS) is 13.6. The van der Waals surface area contributed by atoms with E-state index in [9.17, 15) is 5.11 Å². The van der Waals surface area contributed by atoms with Gasteiger partial charge in [0.1, 0.15) is 12.4 Å². The summed E-state index contributed by atoms with van der Waals surface area (Å²) in [4.78, 5) is 22.0. The molecule has 0 amide bonds. The number of phenolic OH excluding ortho intramolecular Hbond substituents is 1. The number of pyridine rings is 1. The van der Waals surface area contributed by atoms with Crippen LogP contribution in [-0.2, 0) is 12.0 Å². The van der Waals surface area contributed by atoms with Crippen LogP contribution in [0.2, 0.25) is 0 Å². The lowest BCUT2D eigenvalue weighted by atomic mass is 10.0. The first-order valence-corrected chi connectivity index (χ1v) is 12.3. The number of nitrogens with one attached hydrogen (secondary N) is 1. The molecule has 188 valence electrons. The zero-order chi connectivity index (χ0) is 26.3. The molecule has 2 N–H and O–H groups in total. The van der Waals surface area contributed by atoms with Gasteiger partial charge in [-0.3, -0.25) is 9.55 Å². The molecule has 5 aromatic rings. The summed E-state index contributed by atoms with van der Waals surface area (Å²) < 4.78 is 7.85. The topological polar surface area (TPSA) is 102 Å². The number of aromatic nitrogens is 5. The SMILES string of the molecule is [C-]#[N+]c1cncc(-c2nc(NCCc3ccc(O)c(-c4ccccc4)c3)c3nc4n(c3n2)C(C)(C)CO4)c1. The highest BCUT2D eigenvalue weighted by Crippen LogP contribution is 2.37. The van der Waals surface area contributed by atoms with E-state index in [4.69, 9.17) is 26.3 Å². The molecule has 9 heteroatoms. The molecular weight excluding hydrogens is 478 g/mol. The molecule has 0 saturated carbocycles. The van der Waals surface area contributed by atoms with Crippen molar-refractivity contribution in [3.63, 3.8) is 0 Å². The van der Waals surface area contributed by atoms with Gasteiger partial charge >= 0.3 is 0 Å². The second-order valence-corrected chi connectivity index (χ2v) is 9.84. The van der Waals surface area contributed by atoms with Gasteiger partial charge in [-0.15, -0.1) is 0 Å². The smallest absolute Gasteiger partial charge is 0.299 e. The number of ether oxygens (including phenoxy) is 1. The molecule has 0 aliphatic carbocycles. The number of benzene rings is 2. The molecule has 3 aromatic heterocycles. The van der Waals surface area contributed by atoms with Gasteiger partial charge < -0.3 is 15.2 Å². The Morgan fingerprint density at radius 3 is 2.71 bits per heavy atom. The van der Waals surface area contributed by atoms with Gasteiger partial charge in [0.05, 0.1) is 12.1 Å². The van der Waals surface area contributed by atoms with Crippen molar-refractivity contribution in [1.82, 2.24) is 24.5 Å². The van der Waals surface area contributed by atoms with E-state index in [-0.39, 0.29) is 11.3 Å². The van der Waals surface area contributed by atoms with Crippen LogP contribution < -0.4 is 10.1 Å². The summed E-state index contributed by atoms with van der Waals surface area (Å²) in [5.74, 6) is 1.29. The summed E-state index contributed by atoms with van der Waals surface area (Å²) >= 11 is 0. The number of hydrogen-bond donors (Lipinski definition) is 2. The summed E-state index contributed by atoms with van der Waals surface area (Å²) in [6.07, 6.45) is 3.87. The van der Waals surface area contributed by atoms with Gasteiger partial charge in [0.25, 0.3) is 6.01 Å². The van der Waals surface area contributed by atoms with Gasteiger partial charge in [-0.2, -0.15) is 4.98 Å². The van der Waals surface area contributed by atoms with E-state index in [1.54, 1.807) is 18.3 Å². The Labute approximate surface area is 219 Å². The Bertz CT molecular complexity index is 1700. The lowest BCUT2D eigenvalue weighted by Crippen LogP contribution is -2.25. The van der Waals surface area contributed by atoms with Crippen LogP contribution in [-0.4, -0.2) is 42.8 Å². The molecule has 0 fully saturated rings. The maximum atomic E-state index is 10.4. The molecule has 0 spiro atoms. The first kappa shape index (κ1) is 23.4. The summed E-state index contributed by atoms with van der Waals surface area (Å²) in [7, 11) is 0. The monoisotopic (exact) mass is 503 g/mol.